The Labute approximate surface area is 129 Å². The Hall–Kier alpha value is -2.63. The van der Waals surface area contributed by atoms with E-state index in [4.69, 9.17) is 0 Å². The maximum atomic E-state index is 12.3. The van der Waals surface area contributed by atoms with Gasteiger partial charge in [0, 0.05) is 44.3 Å². The lowest BCUT2D eigenvalue weighted by atomic mass is 10.2. The predicted octanol–water partition coefficient (Wildman–Crippen LogP) is 2.14. The predicted molar refractivity (Wildman–Crippen MR) is 86.0 cm³/mol. The third-order valence-corrected chi connectivity index (χ3v) is 3.70. The Kier molecular flexibility index (Phi) is 4.18. The number of amides is 2. The zero-order valence-electron chi connectivity index (χ0n) is 12.6. The molecule has 1 aliphatic rings. The van der Waals surface area contributed by atoms with Crippen molar-refractivity contribution in [2.45, 2.75) is 6.92 Å². The molecule has 2 aromatic rings. The molecular weight excluding hydrogens is 278 g/mol. The number of benzene rings is 1. The Morgan fingerprint density at radius 2 is 1.68 bits per heavy atom. The molecule has 22 heavy (non-hydrogen) atoms. The summed E-state index contributed by atoms with van der Waals surface area (Å²) in [4.78, 5) is 24.7. The molecule has 0 atom stereocenters. The van der Waals surface area contributed by atoms with Crippen molar-refractivity contribution in [3.05, 3.63) is 48.3 Å². The Morgan fingerprint density at radius 3 is 2.32 bits per heavy atom. The van der Waals surface area contributed by atoms with E-state index < -0.39 is 0 Å². The second kappa shape index (κ2) is 6.43. The number of rotatable bonds is 2. The average Bonchev–Trinajstić information content (AvgIpc) is 2.58. The van der Waals surface area contributed by atoms with Crippen LogP contribution in [0.1, 0.15) is 5.56 Å². The molecule has 1 aromatic carbocycles. The fourth-order valence-corrected chi connectivity index (χ4v) is 2.40. The van der Waals surface area contributed by atoms with Crippen molar-refractivity contribution in [1.29, 1.82) is 0 Å². The van der Waals surface area contributed by atoms with E-state index in [1.807, 2.05) is 36.1 Å². The van der Waals surface area contributed by atoms with Crippen LogP contribution in [0.5, 0.6) is 0 Å². The Balaban J connectivity index is 1.54. The van der Waals surface area contributed by atoms with Gasteiger partial charge in [-0.15, -0.1) is 0 Å². The van der Waals surface area contributed by atoms with Crippen molar-refractivity contribution in [2.75, 3.05) is 36.4 Å². The highest BCUT2D eigenvalue weighted by atomic mass is 16.2. The van der Waals surface area contributed by atoms with Gasteiger partial charge in [-0.05, 0) is 25.1 Å². The third-order valence-electron chi connectivity index (χ3n) is 3.70. The summed E-state index contributed by atoms with van der Waals surface area (Å²) in [6, 6.07) is 9.55. The van der Waals surface area contributed by atoms with Crippen molar-refractivity contribution in [3.8, 4) is 0 Å². The summed E-state index contributed by atoms with van der Waals surface area (Å²) in [5.74, 6) is 0.723. The summed E-state index contributed by atoms with van der Waals surface area (Å²) in [5.41, 5.74) is 2.00. The lowest BCUT2D eigenvalue weighted by molar-refractivity contribution is 0.208. The molecule has 1 fully saturated rings. The molecule has 1 N–H and O–H groups in total. The Bertz CT molecular complexity index is 621. The minimum absolute atomic E-state index is 0.0579. The zero-order valence-corrected chi connectivity index (χ0v) is 12.6. The van der Waals surface area contributed by atoms with Crippen LogP contribution in [0.3, 0.4) is 0 Å². The molecule has 0 radical (unpaired) electrons. The first-order valence-corrected chi connectivity index (χ1v) is 7.37. The van der Waals surface area contributed by atoms with E-state index in [2.05, 4.69) is 20.2 Å². The van der Waals surface area contributed by atoms with Crippen LogP contribution in [0.4, 0.5) is 16.4 Å². The van der Waals surface area contributed by atoms with Crippen LogP contribution < -0.4 is 10.2 Å². The maximum Gasteiger partial charge on any atom is 0.321 e. The lowest BCUT2D eigenvalue weighted by Gasteiger charge is -2.34. The van der Waals surface area contributed by atoms with E-state index in [9.17, 15) is 4.79 Å². The fourth-order valence-electron chi connectivity index (χ4n) is 2.40. The third kappa shape index (κ3) is 3.33. The smallest absolute Gasteiger partial charge is 0.321 e. The van der Waals surface area contributed by atoms with Gasteiger partial charge in [0.2, 0.25) is 5.95 Å². The molecule has 6 nitrogen and oxygen atoms in total. The number of anilines is 2. The molecule has 6 heteroatoms. The first-order chi connectivity index (χ1) is 10.7. The highest BCUT2D eigenvalue weighted by Crippen LogP contribution is 2.13. The molecule has 0 spiro atoms. The van der Waals surface area contributed by atoms with Gasteiger partial charge in [0.25, 0.3) is 0 Å². The number of aryl methyl sites for hydroxylation is 1. The molecular formula is C16H19N5O. The molecule has 1 aromatic heterocycles. The molecule has 1 aliphatic heterocycles. The van der Waals surface area contributed by atoms with Gasteiger partial charge < -0.3 is 15.1 Å². The second-order valence-electron chi connectivity index (χ2n) is 5.32. The van der Waals surface area contributed by atoms with E-state index in [1.165, 1.54) is 5.56 Å². The summed E-state index contributed by atoms with van der Waals surface area (Å²) in [6.07, 6.45) is 3.47. The number of hydrogen-bond donors (Lipinski definition) is 1. The molecule has 0 saturated carbocycles. The van der Waals surface area contributed by atoms with Crippen LogP contribution in [0.15, 0.2) is 42.7 Å². The number of piperazine rings is 1. The SMILES string of the molecule is Cc1ccc(NC(=O)N2CCN(c3ncccn3)CC2)cc1. The van der Waals surface area contributed by atoms with E-state index in [0.29, 0.717) is 13.1 Å². The summed E-state index contributed by atoms with van der Waals surface area (Å²) < 4.78 is 0. The van der Waals surface area contributed by atoms with E-state index in [1.54, 1.807) is 18.5 Å². The van der Waals surface area contributed by atoms with E-state index >= 15 is 0 Å². The summed E-state index contributed by atoms with van der Waals surface area (Å²) in [7, 11) is 0. The van der Waals surface area contributed by atoms with Gasteiger partial charge in [-0.2, -0.15) is 0 Å². The average molecular weight is 297 g/mol. The highest BCUT2D eigenvalue weighted by molar-refractivity contribution is 5.89. The van der Waals surface area contributed by atoms with Crippen LogP contribution in [0.25, 0.3) is 0 Å². The molecule has 1 saturated heterocycles. The standard InChI is InChI=1S/C16H19N5O/c1-13-3-5-14(6-4-13)19-16(22)21-11-9-20(10-12-21)15-17-7-2-8-18-15/h2-8H,9-12H2,1H3,(H,19,22). The normalized spacial score (nSPS) is 14.8. The largest absolute Gasteiger partial charge is 0.337 e. The van der Waals surface area contributed by atoms with Gasteiger partial charge >= 0.3 is 6.03 Å². The topological polar surface area (TPSA) is 61.4 Å². The summed E-state index contributed by atoms with van der Waals surface area (Å²) in [5, 5.41) is 2.93. The number of carbonyl (C=O) groups excluding carboxylic acids is 1. The van der Waals surface area contributed by atoms with E-state index in [-0.39, 0.29) is 6.03 Å². The molecule has 114 valence electrons. The Morgan fingerprint density at radius 1 is 1.05 bits per heavy atom. The molecule has 3 rings (SSSR count). The first kappa shape index (κ1) is 14.3. The van der Waals surface area contributed by atoms with Crippen molar-refractivity contribution in [2.24, 2.45) is 0 Å². The van der Waals surface area contributed by atoms with Gasteiger partial charge in [-0.1, -0.05) is 17.7 Å². The second-order valence-corrected chi connectivity index (χ2v) is 5.32. The summed E-state index contributed by atoms with van der Waals surface area (Å²) >= 11 is 0. The molecule has 0 unspecified atom stereocenters. The summed E-state index contributed by atoms with van der Waals surface area (Å²) in [6.45, 7) is 4.83. The number of carbonyl (C=O) groups is 1. The van der Waals surface area contributed by atoms with Crippen LogP contribution in [0, 0.1) is 6.92 Å². The molecule has 2 heterocycles. The molecule has 0 bridgehead atoms. The van der Waals surface area contributed by atoms with Crippen molar-refractivity contribution in [3.63, 3.8) is 0 Å². The fraction of sp³-hybridized carbons (Fsp3) is 0.312. The molecule has 2 amide bonds. The number of nitrogens with zero attached hydrogens (tertiary/aromatic N) is 4. The van der Waals surface area contributed by atoms with Crippen LogP contribution >= 0.6 is 0 Å². The van der Waals surface area contributed by atoms with Gasteiger partial charge in [0.15, 0.2) is 0 Å². The molecule has 0 aliphatic carbocycles. The number of urea groups is 1. The lowest BCUT2D eigenvalue weighted by Crippen LogP contribution is -2.50. The van der Waals surface area contributed by atoms with Crippen LogP contribution in [-0.4, -0.2) is 47.1 Å². The maximum absolute atomic E-state index is 12.3. The van der Waals surface area contributed by atoms with Crippen molar-refractivity contribution in [1.82, 2.24) is 14.9 Å². The quantitative estimate of drug-likeness (QED) is 0.922. The van der Waals surface area contributed by atoms with Crippen LogP contribution in [-0.2, 0) is 0 Å². The van der Waals surface area contributed by atoms with Crippen molar-refractivity contribution < 1.29 is 4.79 Å². The minimum Gasteiger partial charge on any atom is -0.337 e. The van der Waals surface area contributed by atoms with Gasteiger partial charge in [0.1, 0.15) is 0 Å². The monoisotopic (exact) mass is 297 g/mol. The highest BCUT2D eigenvalue weighted by Gasteiger charge is 2.22. The first-order valence-electron chi connectivity index (χ1n) is 7.37. The van der Waals surface area contributed by atoms with Crippen LogP contribution in [0.2, 0.25) is 0 Å². The van der Waals surface area contributed by atoms with Crippen molar-refractivity contribution >= 4 is 17.7 Å². The minimum atomic E-state index is -0.0579. The van der Waals surface area contributed by atoms with Gasteiger partial charge in [-0.3, -0.25) is 0 Å². The number of aromatic nitrogens is 2. The van der Waals surface area contributed by atoms with E-state index in [0.717, 1.165) is 24.7 Å². The number of hydrogen-bond acceptors (Lipinski definition) is 4. The zero-order chi connectivity index (χ0) is 15.4. The van der Waals surface area contributed by atoms with Gasteiger partial charge in [0.05, 0.1) is 0 Å². The van der Waals surface area contributed by atoms with Gasteiger partial charge in [-0.25, -0.2) is 14.8 Å². The number of nitrogens with one attached hydrogen (secondary N) is 1.